The summed E-state index contributed by atoms with van der Waals surface area (Å²) >= 11 is 0. The van der Waals surface area contributed by atoms with Gasteiger partial charge in [-0.3, -0.25) is 4.79 Å². The van der Waals surface area contributed by atoms with E-state index >= 15 is 0 Å². The summed E-state index contributed by atoms with van der Waals surface area (Å²) in [5.74, 6) is 0.740. The highest BCUT2D eigenvalue weighted by atomic mass is 16.2. The Hall–Kier alpha value is -1.31. The van der Waals surface area contributed by atoms with Crippen LogP contribution in [0.25, 0.3) is 0 Å². The molecule has 2 heteroatoms. The van der Waals surface area contributed by atoms with E-state index < -0.39 is 0 Å². The topological polar surface area (TPSA) is 20.3 Å². The summed E-state index contributed by atoms with van der Waals surface area (Å²) in [6.07, 6.45) is 2.33. The first-order valence-electron chi connectivity index (χ1n) is 6.91. The van der Waals surface area contributed by atoms with Crippen LogP contribution in [0.2, 0.25) is 0 Å². The third kappa shape index (κ3) is 1.51. The van der Waals surface area contributed by atoms with Crippen molar-refractivity contribution in [2.45, 2.75) is 58.0 Å². The van der Waals surface area contributed by atoms with Crippen LogP contribution in [0.15, 0.2) is 18.2 Å². The van der Waals surface area contributed by atoms with Crippen molar-refractivity contribution >= 4 is 5.91 Å². The summed E-state index contributed by atoms with van der Waals surface area (Å²) in [6.45, 7) is 8.76. The lowest BCUT2D eigenvalue weighted by molar-refractivity contribution is 0.0595. The van der Waals surface area contributed by atoms with Gasteiger partial charge in [0.05, 0.1) is 5.54 Å². The first kappa shape index (κ1) is 11.8. The Morgan fingerprint density at radius 3 is 2.50 bits per heavy atom. The molecule has 0 unspecified atom stereocenters. The molecule has 1 saturated carbocycles. The lowest BCUT2D eigenvalue weighted by Crippen LogP contribution is -2.40. The molecule has 18 heavy (non-hydrogen) atoms. The third-order valence-electron chi connectivity index (χ3n) is 4.33. The Morgan fingerprint density at radius 1 is 1.28 bits per heavy atom. The standard InChI is InChI=1S/C16H21NO/c1-10(2)11-5-8-13-14(9-11)16(3,4)17(15(13)18)12-6-7-12/h5,8-10,12H,6-7H2,1-4H3. The van der Waals surface area contributed by atoms with Gasteiger partial charge in [0.15, 0.2) is 0 Å². The molecule has 0 spiro atoms. The van der Waals surface area contributed by atoms with E-state index in [1.54, 1.807) is 0 Å². The molecule has 0 saturated heterocycles. The van der Waals surface area contributed by atoms with Crippen LogP contribution in [0.3, 0.4) is 0 Å². The monoisotopic (exact) mass is 243 g/mol. The molecule has 0 bridgehead atoms. The number of benzene rings is 1. The van der Waals surface area contributed by atoms with Gasteiger partial charge in [-0.05, 0) is 49.8 Å². The normalized spacial score (nSPS) is 21.6. The molecule has 96 valence electrons. The number of hydrogen-bond donors (Lipinski definition) is 0. The van der Waals surface area contributed by atoms with Crippen molar-refractivity contribution in [2.75, 3.05) is 0 Å². The van der Waals surface area contributed by atoms with Gasteiger partial charge in [-0.15, -0.1) is 0 Å². The number of fused-ring (bicyclic) bond motifs is 1. The van der Waals surface area contributed by atoms with Crippen LogP contribution in [0.4, 0.5) is 0 Å². The van der Waals surface area contributed by atoms with E-state index in [9.17, 15) is 4.79 Å². The SMILES string of the molecule is CC(C)c1ccc2c(c1)C(C)(C)N(C1CC1)C2=O. The average Bonchev–Trinajstić information content (AvgIpc) is 3.09. The minimum Gasteiger partial charge on any atom is -0.326 e. The number of amides is 1. The Morgan fingerprint density at radius 2 is 1.94 bits per heavy atom. The first-order chi connectivity index (χ1) is 8.43. The predicted octanol–water partition coefficient (Wildman–Crippen LogP) is 3.66. The van der Waals surface area contributed by atoms with Crippen molar-refractivity contribution in [1.82, 2.24) is 4.90 Å². The van der Waals surface area contributed by atoms with Gasteiger partial charge in [0, 0.05) is 11.6 Å². The molecule has 1 aromatic rings. The highest BCUT2D eigenvalue weighted by molar-refractivity contribution is 6.00. The summed E-state index contributed by atoms with van der Waals surface area (Å²) in [7, 11) is 0. The van der Waals surface area contributed by atoms with Crippen molar-refractivity contribution in [1.29, 1.82) is 0 Å². The zero-order valence-corrected chi connectivity index (χ0v) is 11.7. The molecule has 1 aliphatic heterocycles. The van der Waals surface area contributed by atoms with Gasteiger partial charge in [0.2, 0.25) is 0 Å². The molecular formula is C16H21NO. The van der Waals surface area contributed by atoms with E-state index in [4.69, 9.17) is 0 Å². The molecule has 0 N–H and O–H groups in total. The number of rotatable bonds is 2. The van der Waals surface area contributed by atoms with Crippen molar-refractivity contribution in [3.05, 3.63) is 34.9 Å². The van der Waals surface area contributed by atoms with E-state index in [1.165, 1.54) is 24.0 Å². The van der Waals surface area contributed by atoms with Crippen molar-refractivity contribution in [2.24, 2.45) is 0 Å². The Labute approximate surface area is 109 Å². The predicted molar refractivity (Wildman–Crippen MR) is 72.7 cm³/mol. The van der Waals surface area contributed by atoms with Crippen LogP contribution < -0.4 is 0 Å². The second-order valence-corrected chi connectivity index (χ2v) is 6.43. The van der Waals surface area contributed by atoms with E-state index in [0.29, 0.717) is 12.0 Å². The maximum atomic E-state index is 12.5. The molecule has 0 aromatic heterocycles. The van der Waals surface area contributed by atoms with E-state index in [1.807, 2.05) is 6.07 Å². The largest absolute Gasteiger partial charge is 0.326 e. The minimum absolute atomic E-state index is 0.140. The van der Waals surface area contributed by atoms with Gasteiger partial charge in [-0.25, -0.2) is 0 Å². The highest BCUT2D eigenvalue weighted by Crippen LogP contribution is 2.45. The summed E-state index contributed by atoms with van der Waals surface area (Å²) in [4.78, 5) is 14.6. The van der Waals surface area contributed by atoms with E-state index in [2.05, 4.69) is 44.7 Å². The minimum atomic E-state index is -0.140. The molecule has 2 aliphatic rings. The molecule has 1 aliphatic carbocycles. The van der Waals surface area contributed by atoms with Crippen LogP contribution in [-0.2, 0) is 5.54 Å². The van der Waals surface area contributed by atoms with Gasteiger partial charge in [0.1, 0.15) is 0 Å². The average molecular weight is 243 g/mol. The summed E-state index contributed by atoms with van der Waals surface area (Å²) in [5.41, 5.74) is 3.31. The van der Waals surface area contributed by atoms with Gasteiger partial charge >= 0.3 is 0 Å². The maximum absolute atomic E-state index is 12.5. The summed E-state index contributed by atoms with van der Waals surface area (Å²) in [5, 5.41) is 0. The number of carbonyl (C=O) groups is 1. The molecule has 1 heterocycles. The molecule has 2 nitrogen and oxygen atoms in total. The number of nitrogens with zero attached hydrogens (tertiary/aromatic N) is 1. The third-order valence-corrected chi connectivity index (χ3v) is 4.33. The van der Waals surface area contributed by atoms with Gasteiger partial charge in [0.25, 0.3) is 5.91 Å². The fourth-order valence-electron chi connectivity index (χ4n) is 3.08. The number of carbonyl (C=O) groups excluding carboxylic acids is 1. The molecule has 1 amide bonds. The Bertz CT molecular complexity index is 512. The molecule has 1 fully saturated rings. The maximum Gasteiger partial charge on any atom is 0.255 e. The molecule has 1 aromatic carbocycles. The van der Waals surface area contributed by atoms with E-state index in [-0.39, 0.29) is 11.4 Å². The first-order valence-corrected chi connectivity index (χ1v) is 6.91. The van der Waals surface area contributed by atoms with Crippen LogP contribution in [0.1, 0.15) is 67.9 Å². The lowest BCUT2D eigenvalue weighted by Gasteiger charge is -2.32. The second-order valence-electron chi connectivity index (χ2n) is 6.43. The van der Waals surface area contributed by atoms with Gasteiger partial charge < -0.3 is 4.90 Å². The molecule has 0 radical (unpaired) electrons. The fraction of sp³-hybridized carbons (Fsp3) is 0.562. The van der Waals surface area contributed by atoms with Crippen LogP contribution in [0, 0.1) is 0 Å². The zero-order chi connectivity index (χ0) is 13.1. The Kier molecular flexibility index (Phi) is 2.35. The van der Waals surface area contributed by atoms with Gasteiger partial charge in [-0.2, -0.15) is 0 Å². The van der Waals surface area contributed by atoms with E-state index in [0.717, 1.165) is 5.56 Å². The zero-order valence-electron chi connectivity index (χ0n) is 11.7. The summed E-state index contributed by atoms with van der Waals surface area (Å²) < 4.78 is 0. The smallest absolute Gasteiger partial charge is 0.255 e. The number of hydrogen-bond acceptors (Lipinski definition) is 1. The highest BCUT2D eigenvalue weighted by Gasteiger charge is 2.49. The van der Waals surface area contributed by atoms with Gasteiger partial charge in [-0.1, -0.05) is 26.0 Å². The van der Waals surface area contributed by atoms with Crippen LogP contribution in [-0.4, -0.2) is 16.8 Å². The second kappa shape index (κ2) is 3.59. The molecule has 3 rings (SSSR count). The van der Waals surface area contributed by atoms with Crippen molar-refractivity contribution in [3.63, 3.8) is 0 Å². The van der Waals surface area contributed by atoms with Crippen molar-refractivity contribution in [3.8, 4) is 0 Å². The fourth-order valence-corrected chi connectivity index (χ4v) is 3.08. The lowest BCUT2D eigenvalue weighted by atomic mass is 9.89. The van der Waals surface area contributed by atoms with Crippen LogP contribution in [0.5, 0.6) is 0 Å². The van der Waals surface area contributed by atoms with Crippen molar-refractivity contribution < 1.29 is 4.79 Å². The summed E-state index contributed by atoms with van der Waals surface area (Å²) in [6, 6.07) is 6.84. The molecule has 0 atom stereocenters. The Balaban J connectivity index is 2.11. The molecular weight excluding hydrogens is 222 g/mol. The van der Waals surface area contributed by atoms with Crippen LogP contribution >= 0.6 is 0 Å². The quantitative estimate of drug-likeness (QED) is 0.776.